The first kappa shape index (κ1) is 25.8. The van der Waals surface area contributed by atoms with Gasteiger partial charge in [-0.2, -0.15) is 0 Å². The summed E-state index contributed by atoms with van der Waals surface area (Å²) in [6.45, 7) is 6.04. The van der Waals surface area contributed by atoms with Crippen molar-refractivity contribution >= 4 is 58.2 Å². The lowest BCUT2D eigenvalue weighted by Crippen LogP contribution is -2.51. The van der Waals surface area contributed by atoms with Gasteiger partial charge in [-0.1, -0.05) is 72.4 Å². The molecule has 2 amide bonds. The number of nitrogens with one attached hydrogen (secondary N) is 1. The first-order valence-electron chi connectivity index (χ1n) is 10.1. The van der Waals surface area contributed by atoms with Crippen molar-refractivity contribution in [2.45, 2.75) is 58.7 Å². The molecule has 8 heteroatoms. The molecule has 0 saturated carbocycles. The summed E-state index contributed by atoms with van der Waals surface area (Å²) >= 11 is 24.3. The van der Waals surface area contributed by atoms with Gasteiger partial charge in [-0.05, 0) is 55.2 Å². The topological polar surface area (TPSA) is 49.4 Å². The lowest BCUT2D eigenvalue weighted by molar-refractivity contribution is -0.141. The van der Waals surface area contributed by atoms with Crippen molar-refractivity contribution < 1.29 is 9.59 Å². The van der Waals surface area contributed by atoms with Gasteiger partial charge in [0.15, 0.2) is 0 Å². The summed E-state index contributed by atoms with van der Waals surface area (Å²) in [5, 5.41) is 4.61. The smallest absolute Gasteiger partial charge is 0.243 e. The molecule has 0 radical (unpaired) electrons. The Balaban J connectivity index is 2.34. The van der Waals surface area contributed by atoms with Gasteiger partial charge in [0.2, 0.25) is 11.8 Å². The molecule has 168 valence electrons. The second-order valence-electron chi connectivity index (χ2n) is 7.44. The molecule has 2 rings (SSSR count). The number of hydrogen-bond donors (Lipinski definition) is 1. The molecular formula is C23H26Cl4N2O2. The molecule has 0 heterocycles. The van der Waals surface area contributed by atoms with E-state index in [0.717, 1.165) is 17.5 Å². The van der Waals surface area contributed by atoms with E-state index in [0.29, 0.717) is 26.5 Å². The molecule has 0 bridgehead atoms. The maximum absolute atomic E-state index is 13.3. The van der Waals surface area contributed by atoms with Crippen molar-refractivity contribution in [3.05, 3.63) is 67.6 Å². The van der Waals surface area contributed by atoms with Gasteiger partial charge >= 0.3 is 0 Å². The fourth-order valence-electron chi connectivity index (χ4n) is 3.12. The highest BCUT2D eigenvalue weighted by Crippen LogP contribution is 2.26. The molecule has 0 aliphatic rings. The lowest BCUT2D eigenvalue weighted by atomic mass is 10.1. The fraction of sp³-hybridized carbons (Fsp3) is 0.391. The number of hydrogen-bond acceptors (Lipinski definition) is 2. The standard InChI is InChI=1S/C23H26Cl4N2O2/c1-4-14(3)28-23(31)21(5-2)29(13-16-7-9-18(25)20(27)11-16)22(30)12-15-6-8-17(24)19(26)10-15/h6-11,14,21H,4-5,12-13H2,1-3H3,(H,28,31)/t14-,21+/m1/s1. The van der Waals surface area contributed by atoms with E-state index in [-0.39, 0.29) is 30.8 Å². The predicted octanol–water partition coefficient (Wildman–Crippen LogP) is 6.56. The van der Waals surface area contributed by atoms with Crippen LogP contribution in [0.4, 0.5) is 0 Å². The zero-order valence-corrected chi connectivity index (χ0v) is 20.7. The molecule has 0 saturated heterocycles. The summed E-state index contributed by atoms with van der Waals surface area (Å²) in [7, 11) is 0. The van der Waals surface area contributed by atoms with Crippen LogP contribution in [0.5, 0.6) is 0 Å². The largest absolute Gasteiger partial charge is 0.352 e. The normalized spacial score (nSPS) is 12.9. The zero-order chi connectivity index (χ0) is 23.1. The van der Waals surface area contributed by atoms with Crippen LogP contribution < -0.4 is 5.32 Å². The number of rotatable bonds is 9. The highest BCUT2D eigenvalue weighted by atomic mass is 35.5. The molecule has 0 spiro atoms. The molecule has 2 aromatic rings. The summed E-state index contributed by atoms with van der Waals surface area (Å²) in [6.07, 6.45) is 1.36. The molecule has 2 aromatic carbocycles. The zero-order valence-electron chi connectivity index (χ0n) is 17.7. The minimum atomic E-state index is -0.626. The van der Waals surface area contributed by atoms with Crippen LogP contribution in [0.15, 0.2) is 36.4 Å². The third-order valence-corrected chi connectivity index (χ3v) is 6.54. The second kappa shape index (κ2) is 12.0. The predicted molar refractivity (Wildman–Crippen MR) is 129 cm³/mol. The van der Waals surface area contributed by atoms with Crippen LogP contribution in [0.1, 0.15) is 44.7 Å². The third-order valence-electron chi connectivity index (χ3n) is 5.06. The number of carbonyl (C=O) groups is 2. The van der Waals surface area contributed by atoms with Crippen molar-refractivity contribution in [3.8, 4) is 0 Å². The quantitative estimate of drug-likeness (QED) is 0.421. The van der Waals surface area contributed by atoms with E-state index in [2.05, 4.69) is 5.32 Å². The first-order valence-corrected chi connectivity index (χ1v) is 11.6. The summed E-state index contributed by atoms with van der Waals surface area (Å²) < 4.78 is 0. The van der Waals surface area contributed by atoms with E-state index < -0.39 is 6.04 Å². The molecule has 1 N–H and O–H groups in total. The third kappa shape index (κ3) is 7.28. The Kier molecular flexibility index (Phi) is 9.95. The van der Waals surface area contributed by atoms with Gasteiger partial charge in [0.05, 0.1) is 26.5 Å². The molecular weight excluding hydrogens is 478 g/mol. The SMILES string of the molecule is CC[C@@H](C)NC(=O)[C@H](CC)N(Cc1ccc(Cl)c(Cl)c1)C(=O)Cc1ccc(Cl)c(Cl)c1. The number of nitrogens with zero attached hydrogens (tertiary/aromatic N) is 1. The van der Waals surface area contributed by atoms with E-state index in [4.69, 9.17) is 46.4 Å². The molecule has 0 aliphatic carbocycles. The van der Waals surface area contributed by atoms with Crippen LogP contribution in [0.25, 0.3) is 0 Å². The Hall–Kier alpha value is -1.46. The Morgan fingerprint density at radius 2 is 1.42 bits per heavy atom. The summed E-state index contributed by atoms with van der Waals surface area (Å²) in [4.78, 5) is 27.9. The van der Waals surface area contributed by atoms with Gasteiger partial charge in [0.1, 0.15) is 6.04 Å². The van der Waals surface area contributed by atoms with E-state index >= 15 is 0 Å². The maximum atomic E-state index is 13.3. The van der Waals surface area contributed by atoms with Crippen molar-refractivity contribution in [2.24, 2.45) is 0 Å². The van der Waals surface area contributed by atoms with Gasteiger partial charge < -0.3 is 10.2 Å². The van der Waals surface area contributed by atoms with E-state index in [1.54, 1.807) is 41.3 Å². The molecule has 0 aromatic heterocycles. The van der Waals surface area contributed by atoms with Crippen LogP contribution >= 0.6 is 46.4 Å². The number of carbonyl (C=O) groups excluding carboxylic acids is 2. The van der Waals surface area contributed by atoms with Crippen LogP contribution in [0.2, 0.25) is 20.1 Å². The van der Waals surface area contributed by atoms with Crippen molar-refractivity contribution in [3.63, 3.8) is 0 Å². The van der Waals surface area contributed by atoms with E-state index in [9.17, 15) is 9.59 Å². The van der Waals surface area contributed by atoms with Crippen molar-refractivity contribution in [1.29, 1.82) is 0 Å². The van der Waals surface area contributed by atoms with Gasteiger partial charge in [0, 0.05) is 12.6 Å². The Bertz CT molecular complexity index is 936. The Morgan fingerprint density at radius 1 is 0.871 bits per heavy atom. The highest BCUT2D eigenvalue weighted by Gasteiger charge is 2.29. The van der Waals surface area contributed by atoms with Crippen LogP contribution in [0, 0.1) is 0 Å². The lowest BCUT2D eigenvalue weighted by Gasteiger charge is -2.31. The minimum Gasteiger partial charge on any atom is -0.352 e. The van der Waals surface area contributed by atoms with Crippen LogP contribution in [0.3, 0.4) is 0 Å². The molecule has 0 fully saturated rings. The molecule has 2 atom stereocenters. The Morgan fingerprint density at radius 3 is 1.94 bits per heavy atom. The molecule has 0 aliphatic heterocycles. The average Bonchev–Trinajstić information content (AvgIpc) is 2.72. The number of amides is 2. The van der Waals surface area contributed by atoms with Gasteiger partial charge in [-0.3, -0.25) is 9.59 Å². The van der Waals surface area contributed by atoms with Crippen molar-refractivity contribution in [2.75, 3.05) is 0 Å². The number of benzene rings is 2. The summed E-state index contributed by atoms with van der Waals surface area (Å²) in [5.74, 6) is -0.380. The molecule has 31 heavy (non-hydrogen) atoms. The van der Waals surface area contributed by atoms with E-state index in [1.165, 1.54) is 0 Å². The minimum absolute atomic E-state index is 0.0125. The monoisotopic (exact) mass is 502 g/mol. The second-order valence-corrected chi connectivity index (χ2v) is 9.07. The van der Waals surface area contributed by atoms with Crippen LogP contribution in [-0.4, -0.2) is 28.8 Å². The van der Waals surface area contributed by atoms with Crippen LogP contribution in [-0.2, 0) is 22.6 Å². The highest BCUT2D eigenvalue weighted by molar-refractivity contribution is 6.42. The van der Waals surface area contributed by atoms with Gasteiger partial charge in [-0.15, -0.1) is 0 Å². The number of halogens is 4. The van der Waals surface area contributed by atoms with Gasteiger partial charge in [-0.25, -0.2) is 0 Å². The first-order chi connectivity index (χ1) is 14.7. The Labute approximate surface area is 203 Å². The maximum Gasteiger partial charge on any atom is 0.243 e. The average molecular weight is 504 g/mol. The van der Waals surface area contributed by atoms with Gasteiger partial charge in [0.25, 0.3) is 0 Å². The summed E-state index contributed by atoms with van der Waals surface area (Å²) in [6, 6.07) is 9.65. The van der Waals surface area contributed by atoms with E-state index in [1.807, 2.05) is 20.8 Å². The van der Waals surface area contributed by atoms with Crippen molar-refractivity contribution in [1.82, 2.24) is 10.2 Å². The summed E-state index contributed by atoms with van der Waals surface area (Å²) in [5.41, 5.74) is 1.50. The molecule has 0 unspecified atom stereocenters. The fourth-order valence-corrected chi connectivity index (χ4v) is 3.76. The molecule has 4 nitrogen and oxygen atoms in total.